The fraction of sp³-hybridized carbons (Fsp3) is 0.462. The maximum Gasteiger partial charge on any atom is 0.204 e. The van der Waals surface area contributed by atoms with E-state index in [1.54, 1.807) is 0 Å². The molecule has 22 heavy (non-hydrogen) atoms. The molecular weight excluding hydrogens is 503 g/mol. The molecule has 9 heteroatoms. The zero-order valence-corrected chi connectivity index (χ0v) is 17.1. The molecule has 0 spiro atoms. The first-order chi connectivity index (χ1) is 10.0. The number of benzene rings is 1. The van der Waals surface area contributed by atoms with E-state index in [9.17, 15) is 5.11 Å². The van der Waals surface area contributed by atoms with Crippen LogP contribution < -0.4 is 11.1 Å². The molecule has 5 nitrogen and oxygen atoms in total. The van der Waals surface area contributed by atoms with E-state index in [1.807, 2.05) is 0 Å². The van der Waals surface area contributed by atoms with Crippen LogP contribution in [0.3, 0.4) is 0 Å². The zero-order chi connectivity index (χ0) is 15.1. The van der Waals surface area contributed by atoms with Crippen molar-refractivity contribution in [2.24, 2.45) is 5.73 Å². The Kier molecular flexibility index (Phi) is 6.18. The number of aliphatic hydroxyl groups excluding tert-OH is 1. The predicted octanol–water partition coefficient (Wildman–Crippen LogP) is 3.42. The van der Waals surface area contributed by atoms with Crippen LogP contribution in [0, 0.1) is 0 Å². The number of aliphatic hydroxyl groups is 1. The Hall–Kier alpha value is 0.140. The van der Waals surface area contributed by atoms with Gasteiger partial charge < -0.3 is 20.7 Å². The molecule has 0 amide bonds. The highest BCUT2D eigenvalue weighted by Crippen LogP contribution is 2.43. The number of nitrogens with two attached hydrogens (primary N) is 1. The van der Waals surface area contributed by atoms with E-state index < -0.39 is 6.10 Å². The number of halogens is 4. The molecule has 1 atom stereocenters. The molecule has 1 aromatic heterocycles. The SMILES string of the molecule is Cl.NCC(O)CNc1nc2c(Br)c(Br)c(Br)c3c2n1CCC3. The smallest absolute Gasteiger partial charge is 0.204 e. The number of nitrogens with zero attached hydrogens (tertiary/aromatic N) is 2. The summed E-state index contributed by atoms with van der Waals surface area (Å²) >= 11 is 10.9. The molecule has 1 aromatic carbocycles. The predicted molar refractivity (Wildman–Crippen MR) is 102 cm³/mol. The first kappa shape index (κ1) is 18.5. The summed E-state index contributed by atoms with van der Waals surface area (Å²) in [5.74, 6) is 0.782. The van der Waals surface area contributed by atoms with Crippen LogP contribution in [0.25, 0.3) is 11.0 Å². The number of nitrogens with one attached hydrogen (secondary N) is 1. The van der Waals surface area contributed by atoms with E-state index in [1.165, 1.54) is 5.56 Å². The summed E-state index contributed by atoms with van der Waals surface area (Å²) in [6.07, 6.45) is 1.53. The van der Waals surface area contributed by atoms with Crippen molar-refractivity contribution in [2.45, 2.75) is 25.5 Å². The fourth-order valence-corrected chi connectivity index (χ4v) is 4.39. The highest BCUT2D eigenvalue weighted by Gasteiger charge is 2.24. The second-order valence-corrected chi connectivity index (χ2v) is 7.46. The molecule has 0 saturated carbocycles. The van der Waals surface area contributed by atoms with Crippen molar-refractivity contribution in [3.8, 4) is 0 Å². The Balaban J connectivity index is 0.00000176. The summed E-state index contributed by atoms with van der Waals surface area (Å²) in [5, 5.41) is 12.8. The summed E-state index contributed by atoms with van der Waals surface area (Å²) in [6.45, 7) is 1.56. The van der Waals surface area contributed by atoms with E-state index in [0.29, 0.717) is 6.54 Å². The van der Waals surface area contributed by atoms with Gasteiger partial charge in [0, 0.05) is 28.6 Å². The van der Waals surface area contributed by atoms with Gasteiger partial charge in [-0.3, -0.25) is 0 Å². The maximum absolute atomic E-state index is 9.62. The van der Waals surface area contributed by atoms with Crippen molar-refractivity contribution in [3.63, 3.8) is 0 Å². The molecule has 2 aromatic rings. The summed E-state index contributed by atoms with van der Waals surface area (Å²) in [4.78, 5) is 4.69. The van der Waals surface area contributed by atoms with Crippen molar-refractivity contribution in [1.29, 1.82) is 0 Å². The summed E-state index contributed by atoms with van der Waals surface area (Å²) < 4.78 is 5.19. The molecule has 1 unspecified atom stereocenters. The number of hydrogen-bond acceptors (Lipinski definition) is 4. The van der Waals surface area contributed by atoms with Crippen molar-refractivity contribution < 1.29 is 5.11 Å². The van der Waals surface area contributed by atoms with Gasteiger partial charge in [0.05, 0.1) is 16.1 Å². The van der Waals surface area contributed by atoms with Crippen molar-refractivity contribution in [1.82, 2.24) is 9.55 Å². The minimum Gasteiger partial charge on any atom is -0.390 e. The molecule has 0 bridgehead atoms. The summed E-state index contributed by atoms with van der Waals surface area (Å²) in [6, 6.07) is 0. The Morgan fingerprint density at radius 3 is 2.68 bits per heavy atom. The van der Waals surface area contributed by atoms with Gasteiger partial charge in [-0.1, -0.05) is 0 Å². The van der Waals surface area contributed by atoms with E-state index in [4.69, 9.17) is 10.7 Å². The Bertz CT molecular complexity index is 707. The average Bonchev–Trinajstić information content (AvgIpc) is 2.88. The van der Waals surface area contributed by atoms with Crippen LogP contribution in [0.4, 0.5) is 5.95 Å². The normalized spacial score (nSPS) is 14.8. The molecule has 1 aliphatic heterocycles. The van der Waals surface area contributed by atoms with E-state index in [0.717, 1.165) is 49.8 Å². The van der Waals surface area contributed by atoms with Gasteiger partial charge in [-0.25, -0.2) is 4.98 Å². The number of aryl methyl sites for hydroxylation is 2. The van der Waals surface area contributed by atoms with Crippen LogP contribution in [0.5, 0.6) is 0 Å². The number of aromatic nitrogens is 2. The molecule has 1 aliphatic rings. The second-order valence-electron chi connectivity index (χ2n) is 5.08. The monoisotopic (exact) mass is 516 g/mol. The van der Waals surface area contributed by atoms with Crippen LogP contribution in [-0.4, -0.2) is 33.9 Å². The van der Waals surface area contributed by atoms with Gasteiger partial charge in [0.2, 0.25) is 5.95 Å². The lowest BCUT2D eigenvalue weighted by Gasteiger charge is -2.19. The van der Waals surface area contributed by atoms with Gasteiger partial charge in [-0.2, -0.15) is 0 Å². The minimum atomic E-state index is -0.567. The van der Waals surface area contributed by atoms with Gasteiger partial charge in [0.15, 0.2) is 0 Å². The zero-order valence-electron chi connectivity index (χ0n) is 11.6. The lowest BCUT2D eigenvalue weighted by Crippen LogP contribution is -2.28. The van der Waals surface area contributed by atoms with E-state index in [2.05, 4.69) is 57.7 Å². The fourth-order valence-electron chi connectivity index (χ4n) is 2.64. The molecule has 0 saturated heterocycles. The van der Waals surface area contributed by atoms with Crippen LogP contribution in [0.1, 0.15) is 12.0 Å². The molecular formula is C13H16Br3ClN4O. The van der Waals surface area contributed by atoms with Gasteiger partial charge in [-0.15, -0.1) is 12.4 Å². The number of hydrogen-bond donors (Lipinski definition) is 3. The maximum atomic E-state index is 9.62. The highest BCUT2D eigenvalue weighted by molar-refractivity contribution is 9.14. The number of rotatable bonds is 4. The van der Waals surface area contributed by atoms with Gasteiger partial charge in [-0.05, 0) is 66.2 Å². The first-order valence-corrected chi connectivity index (χ1v) is 9.10. The topological polar surface area (TPSA) is 76.1 Å². The Morgan fingerprint density at radius 2 is 2.00 bits per heavy atom. The molecule has 4 N–H and O–H groups in total. The van der Waals surface area contributed by atoms with E-state index >= 15 is 0 Å². The molecule has 3 rings (SSSR count). The third kappa shape index (κ3) is 3.06. The van der Waals surface area contributed by atoms with Gasteiger partial charge in [0.1, 0.15) is 5.52 Å². The van der Waals surface area contributed by atoms with E-state index in [-0.39, 0.29) is 19.0 Å². The highest BCUT2D eigenvalue weighted by atomic mass is 79.9. The van der Waals surface area contributed by atoms with Gasteiger partial charge in [0.25, 0.3) is 0 Å². The standard InChI is InChI=1S/C13H15Br3N4O.ClH/c14-8-7-2-1-3-20-12(7)11(10(16)9(8)15)19-13(20)18-5-6(21)4-17;/h6,21H,1-5,17H2,(H,18,19);1H. The molecule has 0 radical (unpaired) electrons. The number of imidazole rings is 1. The lowest BCUT2D eigenvalue weighted by atomic mass is 10.0. The minimum absolute atomic E-state index is 0. The number of anilines is 1. The van der Waals surface area contributed by atoms with Crippen molar-refractivity contribution in [3.05, 3.63) is 19.0 Å². The molecule has 0 fully saturated rings. The first-order valence-electron chi connectivity index (χ1n) is 6.72. The van der Waals surface area contributed by atoms with Crippen molar-refractivity contribution in [2.75, 3.05) is 18.4 Å². The Morgan fingerprint density at radius 1 is 1.27 bits per heavy atom. The quantitative estimate of drug-likeness (QED) is 0.542. The van der Waals surface area contributed by atoms with Gasteiger partial charge >= 0.3 is 0 Å². The van der Waals surface area contributed by atoms with Crippen LogP contribution in [0.2, 0.25) is 0 Å². The summed E-state index contributed by atoms with van der Waals surface area (Å²) in [5.41, 5.74) is 8.79. The van der Waals surface area contributed by atoms with Crippen molar-refractivity contribution >= 4 is 77.2 Å². The summed E-state index contributed by atoms with van der Waals surface area (Å²) in [7, 11) is 0. The molecule has 122 valence electrons. The van der Waals surface area contributed by atoms with Crippen LogP contribution >= 0.6 is 60.2 Å². The Labute approximate surface area is 159 Å². The third-order valence-corrected chi connectivity index (χ3v) is 7.19. The lowest BCUT2D eigenvalue weighted by molar-refractivity contribution is 0.195. The average molecular weight is 519 g/mol. The van der Waals surface area contributed by atoms with Crippen LogP contribution in [0.15, 0.2) is 13.4 Å². The molecule has 2 heterocycles. The van der Waals surface area contributed by atoms with Crippen LogP contribution in [-0.2, 0) is 13.0 Å². The molecule has 0 aliphatic carbocycles. The third-order valence-electron chi connectivity index (χ3n) is 3.69. The second kappa shape index (κ2) is 7.36. The largest absolute Gasteiger partial charge is 0.390 e.